The van der Waals surface area contributed by atoms with Gasteiger partial charge in [0.05, 0.1) is 6.04 Å². The molecule has 0 aliphatic carbocycles. The van der Waals surface area contributed by atoms with Gasteiger partial charge in [0.15, 0.2) is 0 Å². The van der Waals surface area contributed by atoms with Gasteiger partial charge in [0, 0.05) is 12.5 Å². The van der Waals surface area contributed by atoms with Crippen LogP contribution in [-0.4, -0.2) is 31.4 Å². The summed E-state index contributed by atoms with van der Waals surface area (Å²) >= 11 is 0. The van der Waals surface area contributed by atoms with Gasteiger partial charge in [0.25, 0.3) is 0 Å². The molecule has 0 saturated heterocycles. The van der Waals surface area contributed by atoms with Crippen LogP contribution in [0.4, 0.5) is 0 Å². The Bertz CT molecular complexity index is 408. The molecule has 112 valence electrons. The molecule has 0 fully saturated rings. The highest BCUT2D eigenvalue weighted by atomic mass is 16.1. The Morgan fingerprint density at radius 1 is 1.15 bits per heavy atom. The van der Waals surface area contributed by atoms with Crippen molar-refractivity contribution in [2.24, 2.45) is 5.92 Å². The first-order chi connectivity index (χ1) is 9.49. The van der Waals surface area contributed by atoms with Gasteiger partial charge in [-0.05, 0) is 39.4 Å². The average Bonchev–Trinajstić information content (AvgIpc) is 2.42. The first-order valence-electron chi connectivity index (χ1n) is 7.50. The highest BCUT2D eigenvalue weighted by Gasteiger charge is 2.18. The van der Waals surface area contributed by atoms with Crippen molar-refractivity contribution in [3.05, 3.63) is 35.4 Å². The van der Waals surface area contributed by atoms with E-state index in [-0.39, 0.29) is 17.9 Å². The molecule has 0 spiro atoms. The molecular weight excluding hydrogens is 248 g/mol. The molecule has 20 heavy (non-hydrogen) atoms. The van der Waals surface area contributed by atoms with Crippen LogP contribution in [0.25, 0.3) is 0 Å². The molecule has 1 rings (SSSR count). The van der Waals surface area contributed by atoms with E-state index in [4.69, 9.17) is 0 Å². The van der Waals surface area contributed by atoms with E-state index in [1.807, 2.05) is 14.1 Å². The fourth-order valence-corrected chi connectivity index (χ4v) is 2.39. The predicted octanol–water partition coefficient (Wildman–Crippen LogP) is 3.15. The van der Waals surface area contributed by atoms with Gasteiger partial charge in [-0.15, -0.1) is 0 Å². The summed E-state index contributed by atoms with van der Waals surface area (Å²) in [4.78, 5) is 14.2. The summed E-state index contributed by atoms with van der Waals surface area (Å²) in [5.41, 5.74) is 2.50. The largest absolute Gasteiger partial charge is 0.354 e. The number of carbonyl (C=O) groups is 1. The number of rotatable bonds is 7. The molecule has 0 saturated carbocycles. The van der Waals surface area contributed by atoms with E-state index in [0.717, 1.165) is 12.8 Å². The van der Waals surface area contributed by atoms with Crippen LogP contribution in [0.5, 0.6) is 0 Å². The Balaban J connectivity index is 2.69. The van der Waals surface area contributed by atoms with Crippen LogP contribution in [-0.2, 0) is 4.79 Å². The van der Waals surface area contributed by atoms with Crippen molar-refractivity contribution in [1.29, 1.82) is 0 Å². The van der Waals surface area contributed by atoms with Crippen molar-refractivity contribution in [2.75, 3.05) is 20.6 Å². The predicted molar refractivity (Wildman–Crippen MR) is 84.7 cm³/mol. The standard InChI is InChI=1S/C17H28N2O/c1-6-14(7-2)17(20)18-12-16(19(4)5)15-10-8-13(3)9-11-15/h8-11,14,16H,6-7,12H2,1-5H3,(H,18,20)/t16-/m0/s1. The summed E-state index contributed by atoms with van der Waals surface area (Å²) < 4.78 is 0. The van der Waals surface area contributed by atoms with E-state index in [1.54, 1.807) is 0 Å². The fraction of sp³-hybridized carbons (Fsp3) is 0.588. The van der Waals surface area contributed by atoms with Gasteiger partial charge < -0.3 is 10.2 Å². The first kappa shape index (κ1) is 16.7. The van der Waals surface area contributed by atoms with Crippen LogP contribution in [0, 0.1) is 12.8 Å². The summed E-state index contributed by atoms with van der Waals surface area (Å²) in [5, 5.41) is 3.10. The van der Waals surface area contributed by atoms with Crippen molar-refractivity contribution in [3.63, 3.8) is 0 Å². The number of aryl methyl sites for hydroxylation is 1. The van der Waals surface area contributed by atoms with Crippen molar-refractivity contribution in [2.45, 2.75) is 39.7 Å². The van der Waals surface area contributed by atoms with E-state index in [2.05, 4.69) is 55.3 Å². The third kappa shape index (κ3) is 4.64. The second kappa shape index (κ2) is 8.05. The number of nitrogens with zero attached hydrogens (tertiary/aromatic N) is 1. The van der Waals surface area contributed by atoms with Crippen molar-refractivity contribution >= 4 is 5.91 Å². The lowest BCUT2D eigenvalue weighted by Gasteiger charge is -2.26. The smallest absolute Gasteiger partial charge is 0.223 e. The van der Waals surface area contributed by atoms with Gasteiger partial charge in [0.2, 0.25) is 5.91 Å². The molecule has 0 aliphatic heterocycles. The summed E-state index contributed by atoms with van der Waals surface area (Å²) in [6, 6.07) is 8.74. The Morgan fingerprint density at radius 2 is 1.70 bits per heavy atom. The van der Waals surface area contributed by atoms with E-state index >= 15 is 0 Å². The molecule has 0 heterocycles. The lowest BCUT2D eigenvalue weighted by atomic mass is 10.0. The molecule has 1 aromatic rings. The second-order valence-corrected chi connectivity index (χ2v) is 5.65. The molecule has 1 amide bonds. The number of likely N-dealkylation sites (N-methyl/N-ethyl adjacent to an activating group) is 1. The van der Waals surface area contributed by atoms with Crippen LogP contribution in [0.15, 0.2) is 24.3 Å². The molecule has 1 aromatic carbocycles. The SMILES string of the molecule is CCC(CC)C(=O)NC[C@@H](c1ccc(C)cc1)N(C)C. The number of hydrogen-bond donors (Lipinski definition) is 1. The zero-order valence-corrected chi connectivity index (χ0v) is 13.4. The average molecular weight is 276 g/mol. The summed E-state index contributed by atoms with van der Waals surface area (Å²) in [6.07, 6.45) is 1.80. The monoisotopic (exact) mass is 276 g/mol. The van der Waals surface area contributed by atoms with Crippen molar-refractivity contribution in [3.8, 4) is 0 Å². The Hall–Kier alpha value is -1.35. The van der Waals surface area contributed by atoms with E-state index in [0.29, 0.717) is 6.54 Å². The van der Waals surface area contributed by atoms with Crippen LogP contribution in [0.3, 0.4) is 0 Å². The van der Waals surface area contributed by atoms with Crippen LogP contribution in [0.1, 0.15) is 43.9 Å². The number of carbonyl (C=O) groups excluding carboxylic acids is 1. The quantitative estimate of drug-likeness (QED) is 0.829. The lowest BCUT2D eigenvalue weighted by Crippen LogP contribution is -2.37. The lowest BCUT2D eigenvalue weighted by molar-refractivity contribution is -0.125. The number of nitrogens with one attached hydrogen (secondary N) is 1. The highest BCUT2D eigenvalue weighted by Crippen LogP contribution is 2.18. The maximum atomic E-state index is 12.1. The molecule has 0 unspecified atom stereocenters. The van der Waals surface area contributed by atoms with Crippen LogP contribution in [0.2, 0.25) is 0 Å². The second-order valence-electron chi connectivity index (χ2n) is 5.65. The Labute approximate surface area is 123 Å². The van der Waals surface area contributed by atoms with Gasteiger partial charge in [0.1, 0.15) is 0 Å². The molecule has 0 bridgehead atoms. The molecule has 0 aliphatic rings. The van der Waals surface area contributed by atoms with Gasteiger partial charge in [-0.3, -0.25) is 4.79 Å². The third-order valence-electron chi connectivity index (χ3n) is 3.91. The fourth-order valence-electron chi connectivity index (χ4n) is 2.39. The Morgan fingerprint density at radius 3 is 2.15 bits per heavy atom. The number of hydrogen-bond acceptors (Lipinski definition) is 2. The van der Waals surface area contributed by atoms with Crippen LogP contribution >= 0.6 is 0 Å². The van der Waals surface area contributed by atoms with Gasteiger partial charge >= 0.3 is 0 Å². The molecule has 1 atom stereocenters. The van der Waals surface area contributed by atoms with Gasteiger partial charge in [-0.25, -0.2) is 0 Å². The zero-order valence-electron chi connectivity index (χ0n) is 13.4. The molecule has 3 nitrogen and oxygen atoms in total. The number of benzene rings is 1. The minimum Gasteiger partial charge on any atom is -0.354 e. The van der Waals surface area contributed by atoms with E-state index in [9.17, 15) is 4.79 Å². The topological polar surface area (TPSA) is 32.3 Å². The summed E-state index contributed by atoms with van der Waals surface area (Å²) in [7, 11) is 4.10. The minimum atomic E-state index is 0.135. The molecule has 3 heteroatoms. The van der Waals surface area contributed by atoms with E-state index in [1.165, 1.54) is 11.1 Å². The molecule has 1 N–H and O–H groups in total. The van der Waals surface area contributed by atoms with Crippen molar-refractivity contribution < 1.29 is 4.79 Å². The summed E-state index contributed by atoms with van der Waals surface area (Å²) in [6.45, 7) is 6.88. The van der Waals surface area contributed by atoms with Gasteiger partial charge in [-0.2, -0.15) is 0 Å². The van der Waals surface area contributed by atoms with Gasteiger partial charge in [-0.1, -0.05) is 43.7 Å². The normalized spacial score (nSPS) is 12.8. The highest BCUT2D eigenvalue weighted by molar-refractivity contribution is 5.78. The molecule has 0 aromatic heterocycles. The molecular formula is C17H28N2O. The first-order valence-corrected chi connectivity index (χ1v) is 7.50. The van der Waals surface area contributed by atoms with E-state index < -0.39 is 0 Å². The van der Waals surface area contributed by atoms with Crippen molar-refractivity contribution in [1.82, 2.24) is 10.2 Å². The summed E-state index contributed by atoms with van der Waals surface area (Å²) in [5.74, 6) is 0.310. The third-order valence-corrected chi connectivity index (χ3v) is 3.91. The number of amides is 1. The maximum Gasteiger partial charge on any atom is 0.223 e. The maximum absolute atomic E-state index is 12.1. The Kier molecular flexibility index (Phi) is 6.73. The zero-order chi connectivity index (χ0) is 15.1. The van der Waals surface area contributed by atoms with Crippen LogP contribution < -0.4 is 5.32 Å². The molecule has 0 radical (unpaired) electrons. The minimum absolute atomic E-state index is 0.135.